The Morgan fingerprint density at radius 1 is 1.42 bits per heavy atom. The van der Waals surface area contributed by atoms with Crippen molar-refractivity contribution in [1.29, 1.82) is 0 Å². The molecule has 0 aliphatic carbocycles. The van der Waals surface area contributed by atoms with E-state index in [9.17, 15) is 17.2 Å². The van der Waals surface area contributed by atoms with E-state index >= 15 is 0 Å². The first-order valence-corrected chi connectivity index (χ1v) is 6.95. The van der Waals surface area contributed by atoms with Gasteiger partial charge in [0.1, 0.15) is 10.6 Å². The van der Waals surface area contributed by atoms with Crippen LogP contribution in [0.5, 0.6) is 5.75 Å². The fourth-order valence-corrected chi connectivity index (χ4v) is 3.02. The Labute approximate surface area is 109 Å². The van der Waals surface area contributed by atoms with Gasteiger partial charge in [0.05, 0.1) is 5.56 Å². The molecule has 1 aromatic rings. The second-order valence-electron chi connectivity index (χ2n) is 3.91. The number of ether oxygens (including phenoxy) is 1. The van der Waals surface area contributed by atoms with E-state index in [2.05, 4.69) is 9.13 Å². The van der Waals surface area contributed by atoms with Crippen LogP contribution < -0.4 is 4.74 Å². The zero-order valence-electron chi connectivity index (χ0n) is 10.3. The van der Waals surface area contributed by atoms with Crippen LogP contribution in [0.25, 0.3) is 0 Å². The van der Waals surface area contributed by atoms with Crippen molar-refractivity contribution < 1.29 is 21.9 Å². The van der Waals surface area contributed by atoms with Gasteiger partial charge < -0.3 is 9.64 Å². The van der Waals surface area contributed by atoms with Crippen LogP contribution in [0.15, 0.2) is 27.5 Å². The molecule has 0 atom stereocenters. The van der Waals surface area contributed by atoms with Crippen LogP contribution in [-0.4, -0.2) is 39.4 Å². The van der Waals surface area contributed by atoms with Crippen LogP contribution in [0.3, 0.4) is 0 Å². The van der Waals surface area contributed by atoms with Crippen LogP contribution >= 0.6 is 0 Å². The lowest BCUT2D eigenvalue weighted by Crippen LogP contribution is -2.26. The first-order valence-electron chi connectivity index (χ1n) is 5.51. The maximum atomic E-state index is 12.4. The van der Waals surface area contributed by atoms with Gasteiger partial charge in [-0.05, 0) is 19.1 Å². The molecule has 19 heavy (non-hydrogen) atoms. The van der Waals surface area contributed by atoms with Crippen molar-refractivity contribution in [3.05, 3.63) is 23.8 Å². The fraction of sp³-hybridized carbons (Fsp3) is 0.364. The predicted octanol–water partition coefficient (Wildman–Crippen LogP) is 1.69. The van der Waals surface area contributed by atoms with Gasteiger partial charge in [0.15, 0.2) is 5.84 Å². The molecule has 1 aromatic carbocycles. The van der Waals surface area contributed by atoms with Gasteiger partial charge in [-0.25, -0.2) is 0 Å². The average molecular weight is 290 g/mol. The standard InChI is InChI=1S/C11H12F2N2O3S/c1-3-15(2)10-9-7(18-11(12)13)5-4-6-8(9)19(16,17)14-10/h4-6,11H,3H2,1-2H3. The molecule has 1 aliphatic heterocycles. The van der Waals surface area contributed by atoms with Crippen LogP contribution in [0.2, 0.25) is 0 Å². The predicted molar refractivity (Wildman–Crippen MR) is 65.1 cm³/mol. The molecule has 5 nitrogen and oxygen atoms in total. The lowest BCUT2D eigenvalue weighted by Gasteiger charge is -2.18. The highest BCUT2D eigenvalue weighted by molar-refractivity contribution is 7.90. The zero-order valence-corrected chi connectivity index (χ0v) is 11.1. The summed E-state index contributed by atoms with van der Waals surface area (Å²) in [5.41, 5.74) is 0.0900. The minimum absolute atomic E-state index is 0.0900. The lowest BCUT2D eigenvalue weighted by atomic mass is 10.1. The highest BCUT2D eigenvalue weighted by Crippen LogP contribution is 2.34. The Balaban J connectivity index is 2.63. The smallest absolute Gasteiger partial charge is 0.387 e. The molecule has 0 bridgehead atoms. The Hall–Kier alpha value is -1.70. The largest absolute Gasteiger partial charge is 0.434 e. The SMILES string of the molecule is CCN(C)C1=NS(=O)(=O)c2cccc(OC(F)F)c21. The second kappa shape index (κ2) is 4.76. The number of benzene rings is 1. The number of sulfonamides is 1. The van der Waals surface area contributed by atoms with E-state index in [1.807, 2.05) is 0 Å². The molecule has 8 heteroatoms. The molecule has 0 saturated heterocycles. The quantitative estimate of drug-likeness (QED) is 0.850. The molecule has 1 aliphatic rings. The summed E-state index contributed by atoms with van der Waals surface area (Å²) in [4.78, 5) is 1.45. The van der Waals surface area contributed by atoms with Crippen molar-refractivity contribution >= 4 is 15.9 Å². The molecule has 0 N–H and O–H groups in total. The van der Waals surface area contributed by atoms with Crippen molar-refractivity contribution in [1.82, 2.24) is 4.90 Å². The number of halogens is 2. The summed E-state index contributed by atoms with van der Waals surface area (Å²) in [6, 6.07) is 3.96. The summed E-state index contributed by atoms with van der Waals surface area (Å²) in [6.07, 6.45) is 0. The molecule has 0 fully saturated rings. The van der Waals surface area contributed by atoms with Gasteiger partial charge >= 0.3 is 6.61 Å². The molecular formula is C11H12F2N2O3S. The van der Waals surface area contributed by atoms with E-state index < -0.39 is 16.6 Å². The average Bonchev–Trinajstić information content (AvgIpc) is 2.61. The van der Waals surface area contributed by atoms with Crippen LogP contribution in [-0.2, 0) is 10.0 Å². The molecule has 0 spiro atoms. The minimum Gasteiger partial charge on any atom is -0.434 e. The first-order chi connectivity index (χ1) is 8.86. The molecule has 2 rings (SSSR count). The van der Waals surface area contributed by atoms with Gasteiger partial charge in [-0.15, -0.1) is 4.40 Å². The Kier molecular flexibility index (Phi) is 3.44. The first kappa shape index (κ1) is 13.7. The molecular weight excluding hydrogens is 278 g/mol. The highest BCUT2D eigenvalue weighted by atomic mass is 32.2. The molecule has 1 heterocycles. The summed E-state index contributed by atoms with van der Waals surface area (Å²) in [5.74, 6) is -0.0682. The van der Waals surface area contributed by atoms with Crippen LogP contribution in [0.4, 0.5) is 8.78 Å². The lowest BCUT2D eigenvalue weighted by molar-refractivity contribution is -0.0501. The number of amidine groups is 1. The minimum atomic E-state index is -3.85. The van der Waals surface area contributed by atoms with Gasteiger partial charge in [0.2, 0.25) is 0 Å². The molecule has 0 amide bonds. The molecule has 0 radical (unpaired) electrons. The summed E-state index contributed by atoms with van der Waals surface area (Å²) < 4.78 is 56.4. The van der Waals surface area contributed by atoms with Crippen LogP contribution in [0, 0.1) is 0 Å². The molecule has 0 unspecified atom stereocenters. The van der Waals surface area contributed by atoms with E-state index in [-0.39, 0.29) is 22.0 Å². The monoisotopic (exact) mass is 290 g/mol. The molecule has 104 valence electrons. The third-order valence-corrected chi connectivity index (χ3v) is 4.06. The Morgan fingerprint density at radius 3 is 2.68 bits per heavy atom. The Morgan fingerprint density at radius 2 is 2.11 bits per heavy atom. The third-order valence-electron chi connectivity index (χ3n) is 2.75. The number of hydrogen-bond acceptors (Lipinski definition) is 4. The Bertz CT molecular complexity index is 629. The number of hydrogen-bond donors (Lipinski definition) is 0. The van der Waals surface area contributed by atoms with Crippen molar-refractivity contribution in [2.45, 2.75) is 18.4 Å². The van der Waals surface area contributed by atoms with E-state index in [1.165, 1.54) is 18.2 Å². The summed E-state index contributed by atoms with van der Waals surface area (Å²) in [5, 5.41) is 0. The van der Waals surface area contributed by atoms with E-state index in [4.69, 9.17) is 0 Å². The van der Waals surface area contributed by atoms with E-state index in [1.54, 1.807) is 18.9 Å². The van der Waals surface area contributed by atoms with Gasteiger partial charge in [-0.2, -0.15) is 17.2 Å². The van der Waals surface area contributed by atoms with Gasteiger partial charge in [-0.3, -0.25) is 0 Å². The van der Waals surface area contributed by atoms with Gasteiger partial charge in [0, 0.05) is 13.6 Å². The summed E-state index contributed by atoms with van der Waals surface area (Å²) in [6.45, 7) is -0.747. The maximum Gasteiger partial charge on any atom is 0.387 e. The van der Waals surface area contributed by atoms with E-state index in [0.717, 1.165) is 0 Å². The van der Waals surface area contributed by atoms with E-state index in [0.29, 0.717) is 6.54 Å². The summed E-state index contributed by atoms with van der Waals surface area (Å²) in [7, 11) is -2.22. The fourth-order valence-electron chi connectivity index (χ4n) is 1.76. The number of alkyl halides is 2. The highest BCUT2D eigenvalue weighted by Gasteiger charge is 2.34. The van der Waals surface area contributed by atoms with Gasteiger partial charge in [-0.1, -0.05) is 6.07 Å². The zero-order chi connectivity index (χ0) is 14.2. The van der Waals surface area contributed by atoms with Crippen molar-refractivity contribution in [2.24, 2.45) is 4.40 Å². The second-order valence-corrected chi connectivity index (χ2v) is 5.48. The summed E-state index contributed by atoms with van der Waals surface area (Å²) >= 11 is 0. The van der Waals surface area contributed by atoms with Crippen molar-refractivity contribution in [3.63, 3.8) is 0 Å². The molecule has 0 saturated carbocycles. The van der Waals surface area contributed by atoms with Crippen LogP contribution in [0.1, 0.15) is 12.5 Å². The topological polar surface area (TPSA) is 59.0 Å². The van der Waals surface area contributed by atoms with Gasteiger partial charge in [0.25, 0.3) is 10.0 Å². The third kappa shape index (κ3) is 2.40. The number of fused-ring (bicyclic) bond motifs is 1. The normalized spacial score (nSPS) is 16.2. The number of nitrogens with zero attached hydrogens (tertiary/aromatic N) is 2. The molecule has 0 aromatic heterocycles. The van der Waals surface area contributed by atoms with Crippen molar-refractivity contribution in [2.75, 3.05) is 13.6 Å². The number of rotatable bonds is 3. The maximum absolute atomic E-state index is 12.4. The van der Waals surface area contributed by atoms with Crippen molar-refractivity contribution in [3.8, 4) is 5.75 Å².